The maximum Gasteiger partial charge on any atom is 0.322 e. The van der Waals surface area contributed by atoms with Gasteiger partial charge in [0.15, 0.2) is 0 Å². The van der Waals surface area contributed by atoms with Crippen LogP contribution in [0, 0.1) is 5.82 Å². The van der Waals surface area contributed by atoms with Crippen LogP contribution in [-0.4, -0.2) is 29.9 Å². The summed E-state index contributed by atoms with van der Waals surface area (Å²) in [5.41, 5.74) is 1.60. The van der Waals surface area contributed by atoms with E-state index < -0.39 is 6.04 Å². The van der Waals surface area contributed by atoms with E-state index in [1.54, 1.807) is 56.4 Å². The average molecular weight is 383 g/mol. The molecule has 6 heteroatoms. The predicted molar refractivity (Wildman–Crippen MR) is 108 cm³/mol. The Morgan fingerprint density at radius 2 is 1.71 bits per heavy atom. The highest BCUT2D eigenvalue weighted by Gasteiger charge is 2.21. The summed E-state index contributed by atoms with van der Waals surface area (Å²) in [6, 6.07) is 12.7. The van der Waals surface area contributed by atoms with Crippen LogP contribution >= 0.6 is 0 Å². The van der Waals surface area contributed by atoms with Gasteiger partial charge in [0.1, 0.15) is 5.82 Å². The molecule has 1 atom stereocenters. The Morgan fingerprint density at radius 3 is 2.36 bits per heavy atom. The third kappa shape index (κ3) is 4.68. The smallest absolute Gasteiger partial charge is 0.322 e. The molecule has 5 nitrogen and oxygen atoms in total. The van der Waals surface area contributed by atoms with Gasteiger partial charge < -0.3 is 15.5 Å². The van der Waals surface area contributed by atoms with Crippen molar-refractivity contribution in [3.63, 3.8) is 0 Å². The van der Waals surface area contributed by atoms with Crippen LogP contribution in [0.5, 0.6) is 0 Å². The van der Waals surface area contributed by atoms with E-state index in [0.29, 0.717) is 16.8 Å². The van der Waals surface area contributed by atoms with Crippen molar-refractivity contribution < 1.29 is 14.0 Å². The molecule has 2 N–H and O–H groups in total. The summed E-state index contributed by atoms with van der Waals surface area (Å²) in [6.07, 6.45) is 4.39. The van der Waals surface area contributed by atoms with Crippen molar-refractivity contribution in [3.8, 4) is 0 Å². The number of rotatable bonds is 5. The van der Waals surface area contributed by atoms with E-state index in [9.17, 15) is 14.0 Å². The molecular formula is C22H26FN3O2. The number of hydrogen-bond donors (Lipinski definition) is 2. The highest BCUT2D eigenvalue weighted by atomic mass is 19.1. The van der Waals surface area contributed by atoms with Gasteiger partial charge in [0, 0.05) is 29.9 Å². The number of halogens is 1. The lowest BCUT2D eigenvalue weighted by atomic mass is 10.1. The highest BCUT2D eigenvalue weighted by molar-refractivity contribution is 5.95. The van der Waals surface area contributed by atoms with Crippen LogP contribution in [0.2, 0.25) is 0 Å². The second-order valence-corrected chi connectivity index (χ2v) is 7.27. The minimum absolute atomic E-state index is 0.0879. The van der Waals surface area contributed by atoms with E-state index in [1.165, 1.54) is 11.0 Å². The van der Waals surface area contributed by atoms with Crippen molar-refractivity contribution >= 4 is 17.6 Å². The van der Waals surface area contributed by atoms with E-state index in [1.807, 2.05) is 0 Å². The standard InChI is InChI=1S/C22H26FN3O2/c1-15(19-9-5-6-10-20(19)23)26(2)22(28)25-18-13-11-16(12-14-18)21(27)24-17-7-3-4-8-17/h5-6,9-15,17H,3-4,7-8H2,1-2H3,(H,24,27)(H,25,28). The van der Waals surface area contributed by atoms with Gasteiger partial charge in [-0.05, 0) is 50.1 Å². The Morgan fingerprint density at radius 1 is 1.07 bits per heavy atom. The van der Waals surface area contributed by atoms with E-state index in [0.717, 1.165) is 25.7 Å². The molecule has 0 aromatic heterocycles. The van der Waals surface area contributed by atoms with Crippen LogP contribution in [0.1, 0.15) is 54.6 Å². The number of hydrogen-bond acceptors (Lipinski definition) is 2. The van der Waals surface area contributed by atoms with Gasteiger partial charge in [-0.2, -0.15) is 0 Å². The van der Waals surface area contributed by atoms with Gasteiger partial charge in [0.2, 0.25) is 0 Å². The SMILES string of the molecule is CC(c1ccccc1F)N(C)C(=O)Nc1ccc(C(=O)NC2CCCC2)cc1. The summed E-state index contributed by atoms with van der Waals surface area (Å²) < 4.78 is 14.0. The fraction of sp³-hybridized carbons (Fsp3) is 0.364. The number of amides is 3. The summed E-state index contributed by atoms with van der Waals surface area (Å²) >= 11 is 0. The molecule has 0 saturated heterocycles. The Labute approximate surface area is 164 Å². The van der Waals surface area contributed by atoms with Crippen molar-refractivity contribution in [2.75, 3.05) is 12.4 Å². The lowest BCUT2D eigenvalue weighted by molar-refractivity contribution is 0.0938. The molecule has 2 aromatic rings. The first-order valence-corrected chi connectivity index (χ1v) is 9.65. The number of nitrogens with one attached hydrogen (secondary N) is 2. The molecule has 0 spiro atoms. The zero-order valence-electron chi connectivity index (χ0n) is 16.2. The van der Waals surface area contributed by atoms with Crippen LogP contribution in [0.3, 0.4) is 0 Å². The summed E-state index contributed by atoms with van der Waals surface area (Å²) in [5, 5.41) is 5.83. The van der Waals surface area contributed by atoms with Gasteiger partial charge in [-0.1, -0.05) is 31.0 Å². The minimum atomic E-state index is -0.419. The first-order valence-electron chi connectivity index (χ1n) is 9.65. The van der Waals surface area contributed by atoms with Gasteiger partial charge >= 0.3 is 6.03 Å². The van der Waals surface area contributed by atoms with Crippen molar-refractivity contribution in [1.82, 2.24) is 10.2 Å². The Bertz CT molecular complexity index is 832. The topological polar surface area (TPSA) is 61.4 Å². The largest absolute Gasteiger partial charge is 0.349 e. The van der Waals surface area contributed by atoms with E-state index in [4.69, 9.17) is 0 Å². The monoisotopic (exact) mass is 383 g/mol. The molecule has 3 amide bonds. The van der Waals surface area contributed by atoms with Crippen LogP contribution < -0.4 is 10.6 Å². The third-order valence-corrected chi connectivity index (χ3v) is 5.35. The fourth-order valence-corrected chi connectivity index (χ4v) is 3.45. The lowest BCUT2D eigenvalue weighted by Gasteiger charge is -2.26. The predicted octanol–water partition coefficient (Wildman–Crippen LogP) is 4.72. The van der Waals surface area contributed by atoms with E-state index >= 15 is 0 Å². The van der Waals surface area contributed by atoms with E-state index in [-0.39, 0.29) is 23.8 Å². The average Bonchev–Trinajstić information content (AvgIpc) is 3.20. The maximum atomic E-state index is 14.0. The van der Waals surface area contributed by atoms with Crippen molar-refractivity contribution in [1.29, 1.82) is 0 Å². The Balaban J connectivity index is 1.59. The molecule has 1 saturated carbocycles. The van der Waals surface area contributed by atoms with Crippen molar-refractivity contribution in [2.45, 2.75) is 44.7 Å². The second-order valence-electron chi connectivity index (χ2n) is 7.27. The van der Waals surface area contributed by atoms with Gasteiger partial charge in [0.25, 0.3) is 5.91 Å². The van der Waals surface area contributed by atoms with Crippen LogP contribution in [-0.2, 0) is 0 Å². The molecule has 0 aliphatic heterocycles. The number of nitrogens with zero attached hydrogens (tertiary/aromatic N) is 1. The molecule has 0 bridgehead atoms. The van der Waals surface area contributed by atoms with Crippen molar-refractivity contribution in [3.05, 3.63) is 65.5 Å². The summed E-state index contributed by atoms with van der Waals surface area (Å²) in [5.74, 6) is -0.428. The van der Waals surface area contributed by atoms with Crippen LogP contribution in [0.4, 0.5) is 14.9 Å². The number of urea groups is 1. The maximum absolute atomic E-state index is 14.0. The van der Waals surface area contributed by atoms with Gasteiger partial charge in [-0.3, -0.25) is 4.79 Å². The van der Waals surface area contributed by atoms with Crippen molar-refractivity contribution in [2.24, 2.45) is 0 Å². The van der Waals surface area contributed by atoms with Gasteiger partial charge in [-0.15, -0.1) is 0 Å². The molecule has 2 aromatic carbocycles. The quantitative estimate of drug-likeness (QED) is 0.785. The molecule has 1 fully saturated rings. The zero-order chi connectivity index (χ0) is 20.1. The second kappa shape index (κ2) is 8.87. The van der Waals surface area contributed by atoms with Crippen LogP contribution in [0.25, 0.3) is 0 Å². The normalized spacial score (nSPS) is 15.1. The number of carbonyl (C=O) groups is 2. The van der Waals surface area contributed by atoms with Gasteiger partial charge in [-0.25, -0.2) is 9.18 Å². The molecule has 3 rings (SSSR count). The summed E-state index contributed by atoms with van der Waals surface area (Å²) in [7, 11) is 1.62. The Hall–Kier alpha value is -2.89. The molecular weight excluding hydrogens is 357 g/mol. The summed E-state index contributed by atoms with van der Waals surface area (Å²) in [6.45, 7) is 1.77. The van der Waals surface area contributed by atoms with Crippen LogP contribution in [0.15, 0.2) is 48.5 Å². The highest BCUT2D eigenvalue weighted by Crippen LogP contribution is 2.23. The zero-order valence-corrected chi connectivity index (χ0v) is 16.2. The molecule has 0 heterocycles. The molecule has 1 aliphatic carbocycles. The molecule has 28 heavy (non-hydrogen) atoms. The third-order valence-electron chi connectivity index (χ3n) is 5.35. The molecule has 148 valence electrons. The minimum Gasteiger partial charge on any atom is -0.349 e. The number of carbonyl (C=O) groups excluding carboxylic acids is 2. The fourth-order valence-electron chi connectivity index (χ4n) is 3.45. The van der Waals surface area contributed by atoms with E-state index in [2.05, 4.69) is 10.6 Å². The molecule has 1 aliphatic rings. The lowest BCUT2D eigenvalue weighted by Crippen LogP contribution is -2.34. The number of anilines is 1. The van der Waals surface area contributed by atoms with Gasteiger partial charge in [0.05, 0.1) is 6.04 Å². The Kier molecular flexibility index (Phi) is 6.29. The molecule has 1 unspecified atom stereocenters. The molecule has 0 radical (unpaired) electrons. The number of benzene rings is 2. The summed E-state index contributed by atoms with van der Waals surface area (Å²) in [4.78, 5) is 26.2. The first-order chi connectivity index (χ1) is 13.5. The first kappa shape index (κ1) is 19.9.